The lowest BCUT2D eigenvalue weighted by molar-refractivity contribution is -0.123. The molecule has 1 aromatic carbocycles. The molecule has 2 N–H and O–H groups in total. The van der Waals surface area contributed by atoms with Gasteiger partial charge in [0, 0.05) is 6.08 Å². The summed E-state index contributed by atoms with van der Waals surface area (Å²) in [5, 5.41) is 4.83. The van der Waals surface area contributed by atoms with E-state index in [1.807, 2.05) is 0 Å². The van der Waals surface area contributed by atoms with Crippen LogP contribution >= 0.6 is 0 Å². The van der Waals surface area contributed by atoms with Crippen molar-refractivity contribution in [3.8, 4) is 0 Å². The van der Waals surface area contributed by atoms with E-state index in [9.17, 15) is 14.4 Å². The van der Waals surface area contributed by atoms with E-state index in [2.05, 4.69) is 15.4 Å². The number of anilines is 1. The number of nitrogens with one attached hydrogen (secondary N) is 2. The van der Waals surface area contributed by atoms with Crippen LogP contribution in [-0.2, 0) is 14.3 Å². The fourth-order valence-corrected chi connectivity index (χ4v) is 1.53. The van der Waals surface area contributed by atoms with Gasteiger partial charge in [-0.15, -0.1) is 0 Å². The molecule has 1 aromatic rings. The quantitative estimate of drug-likeness (QED) is 0.596. The van der Waals surface area contributed by atoms with Crippen LogP contribution in [0, 0.1) is 0 Å². The van der Waals surface area contributed by atoms with Gasteiger partial charge in [-0.2, -0.15) is 0 Å². The number of imide groups is 1. The van der Waals surface area contributed by atoms with Crippen molar-refractivity contribution in [2.45, 2.75) is 0 Å². The van der Waals surface area contributed by atoms with Gasteiger partial charge in [0.25, 0.3) is 11.8 Å². The number of hydrogen-bond acceptors (Lipinski definition) is 5. The van der Waals surface area contributed by atoms with Gasteiger partial charge in [-0.05, 0) is 12.1 Å². The average molecular weight is 246 g/mol. The number of benzene rings is 1. The molecule has 0 aliphatic carbocycles. The normalized spacial score (nSPS) is 13.9. The highest BCUT2D eigenvalue weighted by molar-refractivity contribution is 6.17. The lowest BCUT2D eigenvalue weighted by Gasteiger charge is -2.09. The number of para-hydroxylation sites is 1. The van der Waals surface area contributed by atoms with Gasteiger partial charge in [-0.25, -0.2) is 4.79 Å². The first kappa shape index (κ1) is 11.8. The summed E-state index contributed by atoms with van der Waals surface area (Å²) in [5.74, 6) is -1.54. The van der Waals surface area contributed by atoms with Crippen LogP contribution in [0.1, 0.15) is 10.4 Å². The Morgan fingerprint density at radius 2 is 2.00 bits per heavy atom. The van der Waals surface area contributed by atoms with Gasteiger partial charge < -0.3 is 10.1 Å². The van der Waals surface area contributed by atoms with Crippen molar-refractivity contribution >= 4 is 23.5 Å². The second kappa shape index (κ2) is 4.70. The molecule has 6 heteroatoms. The molecule has 1 aliphatic heterocycles. The molecule has 0 bridgehead atoms. The van der Waals surface area contributed by atoms with Crippen molar-refractivity contribution in [3.05, 3.63) is 41.6 Å². The Morgan fingerprint density at radius 1 is 1.28 bits per heavy atom. The first-order valence-corrected chi connectivity index (χ1v) is 5.13. The fourth-order valence-electron chi connectivity index (χ4n) is 1.53. The van der Waals surface area contributed by atoms with E-state index >= 15 is 0 Å². The third kappa shape index (κ3) is 2.22. The predicted molar refractivity (Wildman–Crippen MR) is 62.6 cm³/mol. The van der Waals surface area contributed by atoms with Gasteiger partial charge in [0.05, 0.1) is 18.4 Å². The Labute approximate surface area is 103 Å². The molecule has 92 valence electrons. The largest absolute Gasteiger partial charge is 0.465 e. The van der Waals surface area contributed by atoms with Crippen LogP contribution in [0.25, 0.3) is 0 Å². The van der Waals surface area contributed by atoms with E-state index in [0.29, 0.717) is 5.69 Å². The summed E-state index contributed by atoms with van der Waals surface area (Å²) in [6.07, 6.45) is 1.14. The highest BCUT2D eigenvalue weighted by Gasteiger charge is 2.22. The number of ether oxygens (including phenoxy) is 1. The Kier molecular flexibility index (Phi) is 3.09. The second-order valence-corrected chi connectivity index (χ2v) is 3.54. The van der Waals surface area contributed by atoms with Crippen LogP contribution in [-0.4, -0.2) is 24.9 Å². The van der Waals surface area contributed by atoms with Crippen molar-refractivity contribution in [3.63, 3.8) is 0 Å². The molecule has 6 nitrogen and oxygen atoms in total. The highest BCUT2D eigenvalue weighted by Crippen LogP contribution is 2.19. The molecule has 2 rings (SSSR count). The van der Waals surface area contributed by atoms with Gasteiger partial charge in [0.15, 0.2) is 0 Å². The maximum atomic E-state index is 11.5. The zero-order valence-electron chi connectivity index (χ0n) is 9.52. The number of hydrogen-bond donors (Lipinski definition) is 2. The summed E-state index contributed by atoms with van der Waals surface area (Å²) in [4.78, 5) is 33.9. The van der Waals surface area contributed by atoms with Crippen molar-refractivity contribution in [2.24, 2.45) is 0 Å². The fraction of sp³-hybridized carbons (Fsp3) is 0.0833. The number of rotatable bonds is 3. The maximum absolute atomic E-state index is 11.5. The van der Waals surface area contributed by atoms with Crippen molar-refractivity contribution < 1.29 is 19.1 Å². The molecule has 1 aliphatic rings. The Bertz CT molecular complexity index is 563. The molecule has 2 amide bonds. The Hall–Kier alpha value is -2.63. The number of esters is 1. The lowest BCUT2D eigenvalue weighted by Crippen LogP contribution is -2.24. The SMILES string of the molecule is COC(=O)c1ccccc1NC1=CC(=O)NC1=O. The maximum Gasteiger partial charge on any atom is 0.339 e. The molecule has 0 saturated heterocycles. The van der Waals surface area contributed by atoms with E-state index in [-0.39, 0.29) is 11.3 Å². The van der Waals surface area contributed by atoms with Gasteiger partial charge in [-0.1, -0.05) is 12.1 Å². The molecule has 0 spiro atoms. The van der Waals surface area contributed by atoms with Crippen molar-refractivity contribution in [1.82, 2.24) is 5.32 Å². The number of methoxy groups -OCH3 is 1. The van der Waals surface area contributed by atoms with Crippen LogP contribution in [0.4, 0.5) is 5.69 Å². The molecule has 0 radical (unpaired) electrons. The average Bonchev–Trinajstić information content (AvgIpc) is 2.67. The van der Waals surface area contributed by atoms with E-state index in [4.69, 9.17) is 0 Å². The van der Waals surface area contributed by atoms with Crippen LogP contribution in [0.15, 0.2) is 36.0 Å². The molecule has 0 atom stereocenters. The smallest absolute Gasteiger partial charge is 0.339 e. The molecule has 1 heterocycles. The predicted octanol–water partition coefficient (Wildman–Crippen LogP) is 0.425. The summed E-state index contributed by atoms with van der Waals surface area (Å²) in [5.41, 5.74) is 0.782. The summed E-state index contributed by atoms with van der Waals surface area (Å²) < 4.78 is 4.62. The molecule has 0 aromatic heterocycles. The number of carbonyl (C=O) groups is 3. The van der Waals surface area contributed by atoms with E-state index < -0.39 is 17.8 Å². The first-order chi connectivity index (χ1) is 8.61. The minimum atomic E-state index is -0.528. The topological polar surface area (TPSA) is 84.5 Å². The molecule has 0 saturated carbocycles. The van der Waals surface area contributed by atoms with Crippen LogP contribution in [0.3, 0.4) is 0 Å². The van der Waals surface area contributed by atoms with Crippen LogP contribution < -0.4 is 10.6 Å². The monoisotopic (exact) mass is 246 g/mol. The molecular formula is C12H10N2O4. The second-order valence-electron chi connectivity index (χ2n) is 3.54. The van der Waals surface area contributed by atoms with E-state index in [0.717, 1.165) is 6.08 Å². The summed E-state index contributed by atoms with van der Waals surface area (Å²) in [6, 6.07) is 6.54. The van der Waals surface area contributed by atoms with E-state index in [1.54, 1.807) is 24.3 Å². The van der Waals surface area contributed by atoms with Crippen LogP contribution in [0.5, 0.6) is 0 Å². The minimum Gasteiger partial charge on any atom is -0.465 e. The van der Waals surface area contributed by atoms with Gasteiger partial charge in [0.1, 0.15) is 5.70 Å². The number of amides is 2. The third-order valence-electron chi connectivity index (χ3n) is 2.36. The molecule has 0 fully saturated rings. The summed E-state index contributed by atoms with van der Waals surface area (Å²) in [6.45, 7) is 0. The standard InChI is InChI=1S/C12H10N2O4/c1-18-12(17)7-4-2-3-5-8(7)13-9-6-10(15)14-11(9)16/h2-6H,1H3,(H2,13,14,15,16). The molecular weight excluding hydrogens is 236 g/mol. The zero-order chi connectivity index (χ0) is 13.1. The first-order valence-electron chi connectivity index (χ1n) is 5.13. The lowest BCUT2D eigenvalue weighted by atomic mass is 10.1. The third-order valence-corrected chi connectivity index (χ3v) is 2.36. The molecule has 0 unspecified atom stereocenters. The Morgan fingerprint density at radius 3 is 2.61 bits per heavy atom. The zero-order valence-corrected chi connectivity index (χ0v) is 9.52. The highest BCUT2D eigenvalue weighted by atomic mass is 16.5. The summed E-state index contributed by atoms with van der Waals surface area (Å²) in [7, 11) is 1.27. The van der Waals surface area contributed by atoms with Crippen LogP contribution in [0.2, 0.25) is 0 Å². The minimum absolute atomic E-state index is 0.0938. The Balaban J connectivity index is 2.30. The van der Waals surface area contributed by atoms with Gasteiger partial charge >= 0.3 is 5.97 Å². The van der Waals surface area contributed by atoms with Crippen molar-refractivity contribution in [1.29, 1.82) is 0 Å². The van der Waals surface area contributed by atoms with E-state index in [1.165, 1.54) is 7.11 Å². The molecule has 18 heavy (non-hydrogen) atoms. The summed E-state index contributed by atoms with van der Waals surface area (Å²) >= 11 is 0. The number of carbonyl (C=O) groups excluding carboxylic acids is 3. The van der Waals surface area contributed by atoms with Gasteiger partial charge in [0.2, 0.25) is 0 Å². The van der Waals surface area contributed by atoms with Gasteiger partial charge in [-0.3, -0.25) is 14.9 Å². The van der Waals surface area contributed by atoms with Crippen molar-refractivity contribution in [2.75, 3.05) is 12.4 Å².